The summed E-state index contributed by atoms with van der Waals surface area (Å²) in [5.41, 5.74) is 4.85. The summed E-state index contributed by atoms with van der Waals surface area (Å²) >= 11 is 1.83. The second-order valence-corrected chi connectivity index (χ2v) is 12.5. The molecule has 6 heteroatoms. The number of hydrogen-bond donors (Lipinski definition) is 1. The van der Waals surface area contributed by atoms with Crippen LogP contribution in [0.1, 0.15) is 80.8 Å². The lowest BCUT2D eigenvalue weighted by atomic mass is 9.79. The molecule has 1 aromatic heterocycles. The Hall–Kier alpha value is -2.73. The zero-order valence-corrected chi connectivity index (χ0v) is 22.7. The Bertz CT molecular complexity index is 1180. The number of rotatable bonds is 7. The van der Waals surface area contributed by atoms with E-state index in [2.05, 4.69) is 98.5 Å². The topological polar surface area (TPSA) is 50.2 Å². The first-order valence-electron chi connectivity index (χ1n) is 13.2. The Morgan fingerprint density at radius 3 is 2.36 bits per heavy atom. The number of hydrogen-bond acceptors (Lipinski definition) is 3. The van der Waals surface area contributed by atoms with Crippen molar-refractivity contribution in [3.05, 3.63) is 83.2 Å². The minimum atomic E-state index is -0.0470. The molecular formula is C30H38N4OS. The van der Waals surface area contributed by atoms with Gasteiger partial charge in [0.25, 0.3) is 0 Å². The van der Waals surface area contributed by atoms with E-state index in [0.29, 0.717) is 25.7 Å². The number of nitrogens with one attached hydrogen (secondary N) is 1. The molecule has 2 heterocycles. The van der Waals surface area contributed by atoms with Crippen molar-refractivity contribution in [1.82, 2.24) is 20.0 Å². The molecule has 1 saturated heterocycles. The van der Waals surface area contributed by atoms with Gasteiger partial charge in [0, 0.05) is 48.0 Å². The van der Waals surface area contributed by atoms with Gasteiger partial charge in [0.15, 0.2) is 0 Å². The summed E-state index contributed by atoms with van der Waals surface area (Å²) in [7, 11) is 0. The molecule has 0 bridgehead atoms. The summed E-state index contributed by atoms with van der Waals surface area (Å²) in [5.74, 6) is 1.54. The van der Waals surface area contributed by atoms with Gasteiger partial charge in [0.05, 0.1) is 11.7 Å². The van der Waals surface area contributed by atoms with Crippen molar-refractivity contribution >= 4 is 17.8 Å². The molecule has 3 aromatic rings. The monoisotopic (exact) mass is 502 g/mol. The molecule has 190 valence electrons. The van der Waals surface area contributed by atoms with Gasteiger partial charge < -0.3 is 10.2 Å². The molecule has 1 aliphatic heterocycles. The van der Waals surface area contributed by atoms with E-state index in [1.165, 1.54) is 34.6 Å². The minimum absolute atomic E-state index is 0.0114. The fraction of sp³-hybridized carbons (Fsp3) is 0.467. The molecule has 2 fully saturated rings. The third-order valence-corrected chi connectivity index (χ3v) is 8.20. The molecule has 2 atom stereocenters. The highest BCUT2D eigenvalue weighted by atomic mass is 32.2. The molecule has 36 heavy (non-hydrogen) atoms. The smallest absolute Gasteiger partial charge is 0.317 e. The fourth-order valence-electron chi connectivity index (χ4n) is 5.27. The van der Waals surface area contributed by atoms with Crippen LogP contribution in [0.5, 0.6) is 0 Å². The van der Waals surface area contributed by atoms with Gasteiger partial charge in [-0.05, 0) is 47.4 Å². The van der Waals surface area contributed by atoms with Crippen molar-refractivity contribution in [2.24, 2.45) is 0 Å². The number of likely N-dealkylation sites (tertiary alicyclic amines) is 1. The molecule has 2 amide bonds. The number of benzene rings is 2. The number of urea groups is 1. The quantitative estimate of drug-likeness (QED) is 0.365. The van der Waals surface area contributed by atoms with Crippen LogP contribution in [-0.2, 0) is 12.0 Å². The molecule has 1 N–H and O–H groups in total. The maximum absolute atomic E-state index is 13.3. The highest BCUT2D eigenvalue weighted by Gasteiger charge is 2.41. The van der Waals surface area contributed by atoms with Gasteiger partial charge in [-0.2, -0.15) is 5.10 Å². The highest BCUT2D eigenvalue weighted by Crippen LogP contribution is 2.44. The van der Waals surface area contributed by atoms with Crippen LogP contribution in [-0.4, -0.2) is 39.6 Å². The largest absolute Gasteiger partial charge is 0.334 e. The molecule has 0 spiro atoms. The number of carbonyl (C=O) groups excluding carboxylic acids is 1. The van der Waals surface area contributed by atoms with E-state index in [1.54, 1.807) is 0 Å². The summed E-state index contributed by atoms with van der Waals surface area (Å²) < 4.78 is 2.20. The zero-order valence-electron chi connectivity index (χ0n) is 21.9. The normalized spacial score (nSPS) is 20.1. The first kappa shape index (κ1) is 24.9. The van der Waals surface area contributed by atoms with Crippen molar-refractivity contribution in [3.63, 3.8) is 0 Å². The van der Waals surface area contributed by atoms with Gasteiger partial charge in [0.2, 0.25) is 0 Å². The van der Waals surface area contributed by atoms with E-state index in [-0.39, 0.29) is 23.3 Å². The molecule has 1 aliphatic carbocycles. The second kappa shape index (κ2) is 10.3. The highest BCUT2D eigenvalue weighted by molar-refractivity contribution is 7.99. The zero-order chi connectivity index (χ0) is 25.3. The third kappa shape index (κ3) is 5.49. The molecular weight excluding hydrogens is 464 g/mol. The Morgan fingerprint density at radius 2 is 1.72 bits per heavy atom. The molecule has 5 rings (SSSR count). The van der Waals surface area contributed by atoms with Crippen molar-refractivity contribution in [2.75, 3.05) is 18.8 Å². The van der Waals surface area contributed by atoms with E-state index in [4.69, 9.17) is 5.10 Å². The molecule has 0 radical (unpaired) electrons. The summed E-state index contributed by atoms with van der Waals surface area (Å²) in [5, 5.41) is 8.25. The number of carbonyl (C=O) groups is 1. The maximum Gasteiger partial charge on any atom is 0.317 e. The van der Waals surface area contributed by atoms with Gasteiger partial charge in [-0.3, -0.25) is 4.68 Å². The second-order valence-electron chi connectivity index (χ2n) is 11.2. The van der Waals surface area contributed by atoms with E-state index >= 15 is 0 Å². The van der Waals surface area contributed by atoms with Gasteiger partial charge in [-0.1, -0.05) is 70.2 Å². The lowest BCUT2D eigenvalue weighted by molar-refractivity contribution is 0.207. The van der Waals surface area contributed by atoms with Crippen LogP contribution in [0.4, 0.5) is 4.79 Å². The number of nitrogens with zero attached hydrogens (tertiary/aromatic N) is 3. The van der Waals surface area contributed by atoms with Crippen molar-refractivity contribution in [3.8, 4) is 0 Å². The van der Waals surface area contributed by atoms with Crippen LogP contribution in [0.2, 0.25) is 0 Å². The van der Waals surface area contributed by atoms with Crippen LogP contribution in [0, 0.1) is 0 Å². The number of amides is 2. The Labute approximate surface area is 219 Å². The summed E-state index contributed by atoms with van der Waals surface area (Å²) in [6.07, 6.45) is 4.71. The average Bonchev–Trinajstić information content (AvgIpc) is 3.45. The summed E-state index contributed by atoms with van der Waals surface area (Å²) in [6, 6.07) is 19.7. The van der Waals surface area contributed by atoms with Crippen molar-refractivity contribution in [2.45, 2.75) is 75.3 Å². The van der Waals surface area contributed by atoms with E-state index in [0.717, 1.165) is 11.3 Å². The SMILES string of the molecule is CCSc1ccc(CNC(=O)N2CC(c3ccccc3)C(c3cn(C4CC4)nc3C(C)(C)C)C2)cc1. The lowest BCUT2D eigenvalue weighted by Gasteiger charge is -2.23. The fourth-order valence-corrected chi connectivity index (χ4v) is 5.93. The van der Waals surface area contributed by atoms with E-state index in [1.807, 2.05) is 16.7 Å². The molecule has 2 aliphatic rings. The minimum Gasteiger partial charge on any atom is -0.334 e. The standard InChI is InChI=1S/C30H38N4OS/c1-5-36-24-15-11-21(12-16-24)17-31-29(35)33-18-25(22-9-7-6-8-10-22)26(19-33)27-20-34(23-13-14-23)32-28(27)30(2,3)4/h6-12,15-16,20,23,25-26H,5,13-14,17-19H2,1-4H3,(H,31,35). The van der Waals surface area contributed by atoms with Crippen molar-refractivity contribution in [1.29, 1.82) is 0 Å². The lowest BCUT2D eigenvalue weighted by Crippen LogP contribution is -2.38. The Kier molecular flexibility index (Phi) is 7.16. The van der Waals surface area contributed by atoms with Crippen LogP contribution in [0.25, 0.3) is 0 Å². The number of thioether (sulfide) groups is 1. The third-order valence-electron chi connectivity index (χ3n) is 7.30. The first-order chi connectivity index (χ1) is 17.3. The summed E-state index contributed by atoms with van der Waals surface area (Å²) in [4.78, 5) is 16.6. The van der Waals surface area contributed by atoms with Gasteiger partial charge in [-0.15, -0.1) is 11.8 Å². The molecule has 2 aromatic carbocycles. The van der Waals surface area contributed by atoms with Crippen LogP contribution < -0.4 is 5.32 Å². The number of aromatic nitrogens is 2. The Morgan fingerprint density at radius 1 is 1.03 bits per heavy atom. The molecule has 2 unspecified atom stereocenters. The summed E-state index contributed by atoms with van der Waals surface area (Å²) in [6.45, 7) is 10.9. The van der Waals surface area contributed by atoms with Crippen LogP contribution in [0.3, 0.4) is 0 Å². The van der Waals surface area contributed by atoms with E-state index in [9.17, 15) is 4.79 Å². The maximum atomic E-state index is 13.3. The predicted molar refractivity (Wildman–Crippen MR) is 148 cm³/mol. The van der Waals surface area contributed by atoms with E-state index < -0.39 is 0 Å². The van der Waals surface area contributed by atoms with Gasteiger partial charge in [0.1, 0.15) is 0 Å². The van der Waals surface area contributed by atoms with Gasteiger partial charge in [-0.25, -0.2) is 4.79 Å². The first-order valence-corrected chi connectivity index (χ1v) is 14.2. The predicted octanol–water partition coefficient (Wildman–Crippen LogP) is 6.72. The Balaban J connectivity index is 1.37. The molecule has 1 saturated carbocycles. The molecule has 5 nitrogen and oxygen atoms in total. The van der Waals surface area contributed by atoms with Crippen LogP contribution >= 0.6 is 11.8 Å². The van der Waals surface area contributed by atoms with Gasteiger partial charge >= 0.3 is 6.03 Å². The average molecular weight is 503 g/mol. The van der Waals surface area contributed by atoms with Crippen molar-refractivity contribution < 1.29 is 4.79 Å². The van der Waals surface area contributed by atoms with Crippen LogP contribution in [0.15, 0.2) is 65.7 Å².